The standard InChI is InChI=1S/C16H18N2O/c1-11-17-15-13(9-16(2,3)10-14(15)19)18(11)12-7-5-4-6-8-12/h4-8H,9-10H2,1-3H3. The van der Waals surface area contributed by atoms with Gasteiger partial charge in [0.2, 0.25) is 0 Å². The minimum atomic E-state index is 0.0170. The van der Waals surface area contributed by atoms with Crippen molar-refractivity contribution in [3.8, 4) is 5.69 Å². The Morgan fingerprint density at radius 3 is 2.53 bits per heavy atom. The lowest BCUT2D eigenvalue weighted by molar-refractivity contribution is 0.0905. The van der Waals surface area contributed by atoms with Crippen LogP contribution < -0.4 is 0 Å². The second-order valence-corrected chi connectivity index (χ2v) is 6.07. The first kappa shape index (κ1) is 12.2. The van der Waals surface area contributed by atoms with Crippen molar-refractivity contribution in [2.45, 2.75) is 33.6 Å². The molecular weight excluding hydrogens is 236 g/mol. The van der Waals surface area contributed by atoms with E-state index in [2.05, 4.69) is 35.5 Å². The number of aryl methyl sites for hydroxylation is 1. The molecule has 0 bridgehead atoms. The van der Waals surface area contributed by atoms with Gasteiger partial charge in [0.15, 0.2) is 5.78 Å². The number of carbonyl (C=O) groups excluding carboxylic acids is 1. The molecule has 2 aromatic rings. The fraction of sp³-hybridized carbons (Fsp3) is 0.375. The van der Waals surface area contributed by atoms with Crippen LogP contribution in [0.2, 0.25) is 0 Å². The summed E-state index contributed by atoms with van der Waals surface area (Å²) in [4.78, 5) is 16.7. The zero-order valence-corrected chi connectivity index (χ0v) is 11.6. The highest BCUT2D eigenvalue weighted by Crippen LogP contribution is 2.35. The van der Waals surface area contributed by atoms with Crippen LogP contribution in [0.3, 0.4) is 0 Å². The molecule has 0 amide bonds. The maximum Gasteiger partial charge on any atom is 0.183 e. The van der Waals surface area contributed by atoms with Crippen LogP contribution in [0.1, 0.15) is 42.3 Å². The molecule has 0 spiro atoms. The van der Waals surface area contributed by atoms with Crippen molar-refractivity contribution in [2.24, 2.45) is 5.41 Å². The third-order valence-electron chi connectivity index (χ3n) is 3.70. The predicted molar refractivity (Wildman–Crippen MR) is 74.7 cm³/mol. The summed E-state index contributed by atoms with van der Waals surface area (Å²) >= 11 is 0. The van der Waals surface area contributed by atoms with E-state index in [-0.39, 0.29) is 11.2 Å². The highest BCUT2D eigenvalue weighted by molar-refractivity contribution is 5.97. The van der Waals surface area contributed by atoms with Crippen LogP contribution in [0, 0.1) is 12.3 Å². The molecule has 19 heavy (non-hydrogen) atoms. The van der Waals surface area contributed by atoms with Gasteiger partial charge in [-0.1, -0.05) is 32.0 Å². The summed E-state index contributed by atoms with van der Waals surface area (Å²) in [6.45, 7) is 6.25. The third-order valence-corrected chi connectivity index (χ3v) is 3.70. The van der Waals surface area contributed by atoms with Crippen LogP contribution >= 0.6 is 0 Å². The zero-order valence-electron chi connectivity index (χ0n) is 11.6. The molecule has 0 N–H and O–H groups in total. The molecule has 0 saturated heterocycles. The van der Waals surface area contributed by atoms with Crippen LogP contribution in [0.15, 0.2) is 30.3 Å². The lowest BCUT2D eigenvalue weighted by Gasteiger charge is -2.28. The largest absolute Gasteiger partial charge is 0.300 e. The molecule has 1 aliphatic carbocycles. The molecule has 0 saturated carbocycles. The second-order valence-electron chi connectivity index (χ2n) is 6.07. The summed E-state index contributed by atoms with van der Waals surface area (Å²) in [6.07, 6.45) is 1.48. The normalized spacial score (nSPS) is 17.3. The van der Waals surface area contributed by atoms with Gasteiger partial charge in [0.1, 0.15) is 11.5 Å². The predicted octanol–water partition coefficient (Wildman–Crippen LogP) is 3.34. The van der Waals surface area contributed by atoms with Gasteiger partial charge in [-0.3, -0.25) is 4.79 Å². The molecule has 1 aliphatic rings. The first-order chi connectivity index (χ1) is 8.98. The van der Waals surface area contributed by atoms with Crippen molar-refractivity contribution in [3.05, 3.63) is 47.5 Å². The number of ketones is 1. The van der Waals surface area contributed by atoms with Crippen molar-refractivity contribution in [1.82, 2.24) is 9.55 Å². The Morgan fingerprint density at radius 2 is 1.84 bits per heavy atom. The van der Waals surface area contributed by atoms with Gasteiger partial charge in [-0.15, -0.1) is 0 Å². The number of carbonyl (C=O) groups is 1. The van der Waals surface area contributed by atoms with Gasteiger partial charge in [-0.2, -0.15) is 0 Å². The topological polar surface area (TPSA) is 34.9 Å². The van der Waals surface area contributed by atoms with Crippen LogP contribution in [-0.4, -0.2) is 15.3 Å². The molecule has 98 valence electrons. The second kappa shape index (κ2) is 4.05. The molecule has 1 aromatic heterocycles. The summed E-state index contributed by atoms with van der Waals surface area (Å²) in [5, 5.41) is 0. The fourth-order valence-electron chi connectivity index (χ4n) is 2.92. The first-order valence-corrected chi connectivity index (χ1v) is 6.65. The number of imidazole rings is 1. The van der Waals surface area contributed by atoms with Crippen LogP contribution in [0.4, 0.5) is 0 Å². The number of aromatic nitrogens is 2. The molecule has 3 nitrogen and oxygen atoms in total. The molecule has 0 fully saturated rings. The van der Waals surface area contributed by atoms with E-state index >= 15 is 0 Å². The molecule has 3 heteroatoms. The van der Waals surface area contributed by atoms with Gasteiger partial charge in [-0.25, -0.2) is 4.98 Å². The smallest absolute Gasteiger partial charge is 0.183 e. The van der Waals surface area contributed by atoms with E-state index in [1.54, 1.807) is 0 Å². The van der Waals surface area contributed by atoms with Gasteiger partial charge in [0.05, 0.1) is 5.69 Å². The third kappa shape index (κ3) is 1.99. The number of hydrogen-bond donors (Lipinski definition) is 0. The maximum atomic E-state index is 12.2. The van der Waals surface area contributed by atoms with Crippen LogP contribution in [0.25, 0.3) is 5.69 Å². The first-order valence-electron chi connectivity index (χ1n) is 6.65. The van der Waals surface area contributed by atoms with E-state index < -0.39 is 0 Å². The quantitative estimate of drug-likeness (QED) is 0.782. The summed E-state index contributed by atoms with van der Waals surface area (Å²) in [5.74, 6) is 1.06. The monoisotopic (exact) mass is 254 g/mol. The van der Waals surface area contributed by atoms with Gasteiger partial charge >= 0.3 is 0 Å². The summed E-state index contributed by atoms with van der Waals surface area (Å²) in [6, 6.07) is 10.1. The number of benzene rings is 1. The van der Waals surface area contributed by atoms with Gasteiger partial charge in [-0.05, 0) is 30.9 Å². The van der Waals surface area contributed by atoms with Gasteiger partial charge < -0.3 is 4.57 Å². The van der Waals surface area contributed by atoms with Crippen molar-refractivity contribution in [1.29, 1.82) is 0 Å². The average molecular weight is 254 g/mol. The van der Waals surface area contributed by atoms with E-state index in [1.807, 2.05) is 25.1 Å². The molecule has 1 heterocycles. The Morgan fingerprint density at radius 1 is 1.16 bits per heavy atom. The Kier molecular flexibility index (Phi) is 2.59. The molecule has 1 aromatic carbocycles. The van der Waals surface area contributed by atoms with Crippen molar-refractivity contribution >= 4 is 5.78 Å². The van der Waals surface area contributed by atoms with Crippen molar-refractivity contribution in [3.63, 3.8) is 0 Å². The molecule has 0 unspecified atom stereocenters. The molecule has 0 aliphatic heterocycles. The Balaban J connectivity index is 2.21. The fourth-order valence-corrected chi connectivity index (χ4v) is 2.92. The van der Waals surface area contributed by atoms with Crippen molar-refractivity contribution < 1.29 is 4.79 Å². The molecule has 0 atom stereocenters. The van der Waals surface area contributed by atoms with E-state index in [4.69, 9.17) is 0 Å². The van der Waals surface area contributed by atoms with E-state index in [0.29, 0.717) is 12.1 Å². The van der Waals surface area contributed by atoms with Crippen LogP contribution in [0.5, 0.6) is 0 Å². The summed E-state index contributed by atoms with van der Waals surface area (Å²) in [7, 11) is 0. The molecular formula is C16H18N2O. The van der Waals surface area contributed by atoms with E-state index in [0.717, 1.165) is 23.6 Å². The Labute approximate surface area is 113 Å². The summed E-state index contributed by atoms with van der Waals surface area (Å²) < 4.78 is 2.12. The molecule has 3 rings (SSSR count). The highest BCUT2D eigenvalue weighted by Gasteiger charge is 2.35. The van der Waals surface area contributed by atoms with Gasteiger partial charge in [0.25, 0.3) is 0 Å². The van der Waals surface area contributed by atoms with E-state index in [1.165, 1.54) is 0 Å². The number of hydrogen-bond acceptors (Lipinski definition) is 2. The molecule has 0 radical (unpaired) electrons. The Bertz CT molecular complexity index is 638. The van der Waals surface area contributed by atoms with Gasteiger partial charge in [0, 0.05) is 12.1 Å². The van der Waals surface area contributed by atoms with Crippen molar-refractivity contribution in [2.75, 3.05) is 0 Å². The number of nitrogens with zero attached hydrogens (tertiary/aromatic N) is 2. The minimum Gasteiger partial charge on any atom is -0.300 e. The number of fused-ring (bicyclic) bond motifs is 1. The average Bonchev–Trinajstić information content (AvgIpc) is 2.65. The number of Topliss-reactive ketones (excluding diaryl/α,β-unsaturated/α-hetero) is 1. The summed E-state index contributed by atoms with van der Waals surface area (Å²) in [5.41, 5.74) is 2.83. The minimum absolute atomic E-state index is 0.0170. The number of rotatable bonds is 1. The lowest BCUT2D eigenvalue weighted by atomic mass is 9.77. The highest BCUT2D eigenvalue weighted by atomic mass is 16.1. The van der Waals surface area contributed by atoms with E-state index in [9.17, 15) is 4.79 Å². The SMILES string of the molecule is Cc1nc2c(n1-c1ccccc1)CC(C)(C)CC2=O. The lowest BCUT2D eigenvalue weighted by Crippen LogP contribution is -2.28. The van der Waals surface area contributed by atoms with Crippen LogP contribution in [-0.2, 0) is 6.42 Å². The zero-order chi connectivity index (χ0) is 13.6. The maximum absolute atomic E-state index is 12.2. The number of para-hydroxylation sites is 1. The Hall–Kier alpha value is -1.90.